The molecule has 3 heterocycles. The van der Waals surface area contributed by atoms with Crippen LogP contribution in [0.1, 0.15) is 34.6 Å². The van der Waals surface area contributed by atoms with Crippen LogP contribution in [0.2, 0.25) is 0 Å². The van der Waals surface area contributed by atoms with Crippen LogP contribution in [-0.4, -0.2) is 14.7 Å². The lowest BCUT2D eigenvalue weighted by Gasteiger charge is -2.28. The van der Waals surface area contributed by atoms with Crippen molar-refractivity contribution in [3.8, 4) is 0 Å². The number of nitrogens with one attached hydrogen (secondary N) is 1. The van der Waals surface area contributed by atoms with Crippen molar-refractivity contribution >= 4 is 23.0 Å². The zero-order valence-electron chi connectivity index (χ0n) is 15.2. The molecule has 1 aliphatic rings. The van der Waals surface area contributed by atoms with Gasteiger partial charge in [-0.05, 0) is 73.6 Å². The molecule has 1 N–H and O–H groups in total. The molecular formula is C21H22N4S. The molecule has 1 fully saturated rings. The van der Waals surface area contributed by atoms with E-state index in [2.05, 4.69) is 83.3 Å². The fourth-order valence-electron chi connectivity index (χ4n) is 3.59. The molecule has 1 aromatic carbocycles. The Morgan fingerprint density at radius 2 is 1.88 bits per heavy atom. The molecule has 26 heavy (non-hydrogen) atoms. The van der Waals surface area contributed by atoms with Crippen molar-refractivity contribution in [1.29, 1.82) is 0 Å². The number of hydrogen-bond acceptors (Lipinski definition) is 2. The molecular weight excluding hydrogens is 340 g/mol. The maximum Gasteiger partial charge on any atom is 0.174 e. The monoisotopic (exact) mass is 362 g/mol. The summed E-state index contributed by atoms with van der Waals surface area (Å²) in [5.41, 5.74) is 5.84. The van der Waals surface area contributed by atoms with Crippen LogP contribution in [0.15, 0.2) is 60.9 Å². The maximum absolute atomic E-state index is 5.75. The third-order valence-electron chi connectivity index (χ3n) is 5.15. The lowest BCUT2D eigenvalue weighted by Crippen LogP contribution is -2.30. The molecule has 132 valence electrons. The quantitative estimate of drug-likeness (QED) is 0.708. The van der Waals surface area contributed by atoms with Crippen molar-refractivity contribution in [2.24, 2.45) is 7.05 Å². The van der Waals surface area contributed by atoms with E-state index in [1.54, 1.807) is 0 Å². The minimum absolute atomic E-state index is 0.00101. The summed E-state index contributed by atoms with van der Waals surface area (Å²) in [7, 11) is 2.07. The van der Waals surface area contributed by atoms with E-state index in [0.717, 1.165) is 16.5 Å². The van der Waals surface area contributed by atoms with Crippen LogP contribution in [0.3, 0.4) is 0 Å². The zero-order chi connectivity index (χ0) is 18.3. The molecule has 5 heteroatoms. The number of rotatable bonds is 3. The molecule has 4 nitrogen and oxygen atoms in total. The van der Waals surface area contributed by atoms with Crippen LogP contribution in [0.4, 0.5) is 5.69 Å². The van der Waals surface area contributed by atoms with Gasteiger partial charge in [-0.2, -0.15) is 0 Å². The molecule has 0 bridgehead atoms. The summed E-state index contributed by atoms with van der Waals surface area (Å²) in [6.45, 7) is 4.27. The summed E-state index contributed by atoms with van der Waals surface area (Å²) in [4.78, 5) is 6.81. The van der Waals surface area contributed by atoms with Crippen LogP contribution < -0.4 is 10.2 Å². The summed E-state index contributed by atoms with van der Waals surface area (Å²) in [6.07, 6.45) is 3.91. The summed E-state index contributed by atoms with van der Waals surface area (Å²) in [5, 5.41) is 4.23. The first-order valence-corrected chi connectivity index (χ1v) is 9.16. The van der Waals surface area contributed by atoms with Crippen molar-refractivity contribution in [2.75, 3.05) is 4.90 Å². The van der Waals surface area contributed by atoms with Gasteiger partial charge in [-0.25, -0.2) is 0 Å². The first-order chi connectivity index (χ1) is 12.6. The topological polar surface area (TPSA) is 33.1 Å². The Labute approximate surface area is 159 Å². The molecule has 4 rings (SSSR count). The SMILES string of the molecule is Cc1ccc(N2C(=S)N[C@H](c3ccccn3)[C@@H]2c2cccn2C)cc1C. The van der Waals surface area contributed by atoms with Crippen LogP contribution in [-0.2, 0) is 7.05 Å². The van der Waals surface area contributed by atoms with Gasteiger partial charge in [0.25, 0.3) is 0 Å². The van der Waals surface area contributed by atoms with Crippen LogP contribution in [0.25, 0.3) is 0 Å². The molecule has 0 spiro atoms. The summed E-state index contributed by atoms with van der Waals surface area (Å²) in [6, 6.07) is 16.8. The van der Waals surface area contributed by atoms with Gasteiger partial charge in [0.15, 0.2) is 5.11 Å². The highest BCUT2D eigenvalue weighted by atomic mass is 32.1. The van der Waals surface area contributed by atoms with E-state index in [-0.39, 0.29) is 12.1 Å². The van der Waals surface area contributed by atoms with E-state index in [9.17, 15) is 0 Å². The zero-order valence-corrected chi connectivity index (χ0v) is 16.0. The summed E-state index contributed by atoms with van der Waals surface area (Å²) in [5.74, 6) is 0. The Balaban J connectivity index is 1.85. The second-order valence-electron chi connectivity index (χ2n) is 6.81. The van der Waals surface area contributed by atoms with Gasteiger partial charge in [0.1, 0.15) is 6.04 Å². The van der Waals surface area contributed by atoms with Crippen molar-refractivity contribution in [3.63, 3.8) is 0 Å². The first kappa shape index (κ1) is 16.8. The minimum atomic E-state index is -0.00101. The van der Waals surface area contributed by atoms with Gasteiger partial charge in [-0.1, -0.05) is 12.1 Å². The number of aromatic nitrogens is 2. The average molecular weight is 363 g/mol. The van der Waals surface area contributed by atoms with Crippen LogP contribution in [0, 0.1) is 13.8 Å². The highest BCUT2D eigenvalue weighted by Gasteiger charge is 2.41. The molecule has 3 aromatic rings. The van der Waals surface area contributed by atoms with Gasteiger partial charge in [0.2, 0.25) is 0 Å². The minimum Gasteiger partial charge on any atom is -0.353 e. The lowest BCUT2D eigenvalue weighted by molar-refractivity contribution is 0.541. The average Bonchev–Trinajstić information content (AvgIpc) is 3.21. The molecule has 0 radical (unpaired) electrons. The summed E-state index contributed by atoms with van der Waals surface area (Å²) < 4.78 is 2.16. The number of anilines is 1. The van der Waals surface area contributed by atoms with E-state index in [1.807, 2.05) is 18.3 Å². The Morgan fingerprint density at radius 3 is 2.54 bits per heavy atom. The number of aryl methyl sites for hydroxylation is 3. The molecule has 2 aromatic heterocycles. The largest absolute Gasteiger partial charge is 0.353 e. The van der Waals surface area contributed by atoms with Crippen molar-refractivity contribution < 1.29 is 0 Å². The van der Waals surface area contributed by atoms with E-state index >= 15 is 0 Å². The molecule has 1 aliphatic heterocycles. The Morgan fingerprint density at radius 1 is 1.04 bits per heavy atom. The van der Waals surface area contributed by atoms with Crippen LogP contribution >= 0.6 is 12.2 Å². The number of hydrogen-bond donors (Lipinski definition) is 1. The Bertz CT molecular complexity index is 948. The van der Waals surface area contributed by atoms with Gasteiger partial charge >= 0.3 is 0 Å². The number of thiocarbonyl (C=S) groups is 1. The number of nitrogens with zero attached hydrogens (tertiary/aromatic N) is 3. The third kappa shape index (κ3) is 2.78. The number of benzene rings is 1. The fraction of sp³-hybridized carbons (Fsp3) is 0.238. The van der Waals surface area contributed by atoms with Gasteiger partial charge in [0, 0.05) is 30.8 Å². The standard InChI is InChI=1S/C21H22N4S/c1-14-9-10-16(13-15(14)2)25-20(18-8-6-12-24(18)3)19(23-21(25)26)17-7-4-5-11-22-17/h4-13,19-20H,1-3H3,(H,23,26)/t19-,20+/m1/s1. The predicted octanol–water partition coefficient (Wildman–Crippen LogP) is 4.21. The normalized spacial score (nSPS) is 19.7. The number of pyridine rings is 1. The van der Waals surface area contributed by atoms with E-state index < -0.39 is 0 Å². The second kappa shape index (κ2) is 6.57. The van der Waals surface area contributed by atoms with Gasteiger partial charge in [0.05, 0.1) is 11.7 Å². The van der Waals surface area contributed by atoms with Crippen molar-refractivity contribution in [1.82, 2.24) is 14.9 Å². The Hall–Kier alpha value is -2.66. The van der Waals surface area contributed by atoms with E-state index in [4.69, 9.17) is 12.2 Å². The maximum atomic E-state index is 5.75. The van der Waals surface area contributed by atoms with Gasteiger partial charge < -0.3 is 14.8 Å². The summed E-state index contributed by atoms with van der Waals surface area (Å²) >= 11 is 5.75. The molecule has 0 unspecified atom stereocenters. The molecule has 0 saturated carbocycles. The van der Waals surface area contributed by atoms with Gasteiger partial charge in [-0.15, -0.1) is 0 Å². The highest BCUT2D eigenvalue weighted by Crippen LogP contribution is 2.41. The molecule has 2 atom stereocenters. The molecule has 0 aliphatic carbocycles. The fourth-order valence-corrected chi connectivity index (χ4v) is 3.94. The first-order valence-electron chi connectivity index (χ1n) is 8.75. The van der Waals surface area contributed by atoms with Gasteiger partial charge in [-0.3, -0.25) is 4.98 Å². The molecule has 1 saturated heterocycles. The van der Waals surface area contributed by atoms with Crippen molar-refractivity contribution in [3.05, 3.63) is 83.4 Å². The van der Waals surface area contributed by atoms with E-state index in [0.29, 0.717) is 0 Å². The van der Waals surface area contributed by atoms with E-state index in [1.165, 1.54) is 16.8 Å². The molecule has 0 amide bonds. The van der Waals surface area contributed by atoms with Crippen LogP contribution in [0.5, 0.6) is 0 Å². The third-order valence-corrected chi connectivity index (χ3v) is 5.47. The second-order valence-corrected chi connectivity index (χ2v) is 7.20. The lowest BCUT2D eigenvalue weighted by atomic mass is 10.0. The van der Waals surface area contributed by atoms with Crippen molar-refractivity contribution in [2.45, 2.75) is 25.9 Å². The predicted molar refractivity (Wildman–Crippen MR) is 109 cm³/mol. The smallest absolute Gasteiger partial charge is 0.174 e. The highest BCUT2D eigenvalue weighted by molar-refractivity contribution is 7.80. The Kier molecular flexibility index (Phi) is 4.24.